The number of hydrogen-bond donors (Lipinski definition) is 3. The van der Waals surface area contributed by atoms with Crippen molar-refractivity contribution in [3.63, 3.8) is 0 Å². The number of nitrogens with two attached hydrogens (primary N) is 2. The quantitative estimate of drug-likeness (QED) is 0.796. The number of nitrogens with zero attached hydrogens (tertiary/aromatic N) is 1. The molecule has 0 saturated heterocycles. The predicted octanol–water partition coefficient (Wildman–Crippen LogP) is 2.95. The molecule has 0 saturated carbocycles. The van der Waals surface area contributed by atoms with Gasteiger partial charge < -0.3 is 15.8 Å². The molecular weight excluding hydrogens is 333 g/mol. The van der Waals surface area contributed by atoms with Crippen LogP contribution in [-0.4, -0.2) is 12.0 Å². The first kappa shape index (κ1) is 16.8. The van der Waals surface area contributed by atoms with Crippen molar-refractivity contribution in [1.29, 1.82) is 0 Å². The standard InChI is InChI=1S/C17H15F3N4O/c18-16(19,20)14-10-23-17(22,24-15(14)21)11-5-4-8-13(9-11)25-12-6-2-1-3-7-12/h1-10,23H,22H2,(H2,21,24). The van der Waals surface area contributed by atoms with Crippen molar-refractivity contribution in [3.05, 3.63) is 71.9 Å². The van der Waals surface area contributed by atoms with E-state index in [0.717, 1.165) is 6.20 Å². The minimum atomic E-state index is -4.61. The topological polar surface area (TPSA) is 85.7 Å². The molecule has 3 rings (SSSR count). The highest BCUT2D eigenvalue weighted by atomic mass is 19.4. The zero-order valence-electron chi connectivity index (χ0n) is 12.9. The van der Waals surface area contributed by atoms with Crippen LogP contribution >= 0.6 is 0 Å². The summed E-state index contributed by atoms with van der Waals surface area (Å²) in [5.74, 6) is -1.21. The van der Waals surface area contributed by atoms with E-state index in [1.807, 2.05) is 18.2 Å². The number of rotatable bonds is 3. The van der Waals surface area contributed by atoms with Gasteiger partial charge in [0.05, 0.1) is 0 Å². The summed E-state index contributed by atoms with van der Waals surface area (Å²) in [7, 11) is 0. The van der Waals surface area contributed by atoms with Gasteiger partial charge in [-0.15, -0.1) is 0 Å². The van der Waals surface area contributed by atoms with Gasteiger partial charge in [0.1, 0.15) is 22.9 Å². The first-order valence-corrected chi connectivity index (χ1v) is 7.31. The smallest absolute Gasteiger partial charge is 0.421 e. The number of para-hydroxylation sites is 1. The molecule has 1 aliphatic heterocycles. The molecule has 0 fully saturated rings. The van der Waals surface area contributed by atoms with Gasteiger partial charge in [-0.2, -0.15) is 13.2 Å². The summed E-state index contributed by atoms with van der Waals surface area (Å²) in [6.45, 7) is 0. The van der Waals surface area contributed by atoms with Crippen molar-refractivity contribution < 1.29 is 17.9 Å². The van der Waals surface area contributed by atoms with Crippen LogP contribution in [0, 0.1) is 0 Å². The van der Waals surface area contributed by atoms with Gasteiger partial charge in [-0.25, -0.2) is 4.99 Å². The highest BCUT2D eigenvalue weighted by molar-refractivity contribution is 5.99. The third-order valence-corrected chi connectivity index (χ3v) is 3.57. The molecule has 1 atom stereocenters. The summed E-state index contributed by atoms with van der Waals surface area (Å²) in [5, 5.41) is 2.46. The maximum Gasteiger partial charge on any atom is 0.421 e. The molecule has 8 heteroatoms. The van der Waals surface area contributed by atoms with Crippen LogP contribution in [0.5, 0.6) is 11.5 Å². The van der Waals surface area contributed by atoms with Gasteiger partial charge in [-0.1, -0.05) is 30.3 Å². The first-order valence-electron chi connectivity index (χ1n) is 7.31. The summed E-state index contributed by atoms with van der Waals surface area (Å²) in [6.07, 6.45) is -3.88. The first-order chi connectivity index (χ1) is 11.8. The fraction of sp³-hybridized carbons (Fsp3) is 0.118. The van der Waals surface area contributed by atoms with E-state index in [9.17, 15) is 13.2 Å². The zero-order valence-corrected chi connectivity index (χ0v) is 12.9. The second kappa shape index (κ2) is 6.14. The second-order valence-electron chi connectivity index (χ2n) is 5.41. The fourth-order valence-electron chi connectivity index (χ4n) is 2.33. The number of amidine groups is 1. The van der Waals surface area contributed by atoms with Crippen LogP contribution in [0.3, 0.4) is 0 Å². The predicted molar refractivity (Wildman–Crippen MR) is 87.7 cm³/mol. The number of ether oxygens (including phenoxy) is 1. The van der Waals surface area contributed by atoms with E-state index < -0.39 is 23.4 Å². The van der Waals surface area contributed by atoms with Gasteiger partial charge in [-0.3, -0.25) is 5.73 Å². The van der Waals surface area contributed by atoms with Crippen LogP contribution in [0.4, 0.5) is 13.2 Å². The van der Waals surface area contributed by atoms with Crippen molar-refractivity contribution in [2.45, 2.75) is 12.0 Å². The molecule has 5 nitrogen and oxygen atoms in total. The Bertz CT molecular complexity index is 833. The lowest BCUT2D eigenvalue weighted by atomic mass is 10.1. The van der Waals surface area contributed by atoms with Crippen LogP contribution in [0.15, 0.2) is 71.4 Å². The molecule has 0 amide bonds. The van der Waals surface area contributed by atoms with Crippen molar-refractivity contribution in [1.82, 2.24) is 5.32 Å². The Balaban J connectivity index is 1.88. The summed E-state index contributed by atoms with van der Waals surface area (Å²) < 4.78 is 44.2. The van der Waals surface area contributed by atoms with E-state index in [1.165, 1.54) is 0 Å². The number of hydrogen-bond acceptors (Lipinski definition) is 5. The van der Waals surface area contributed by atoms with Crippen LogP contribution < -0.4 is 21.5 Å². The maximum absolute atomic E-state index is 12.8. The van der Waals surface area contributed by atoms with Gasteiger partial charge in [0.25, 0.3) is 0 Å². The Morgan fingerprint density at radius 3 is 2.32 bits per heavy atom. The average Bonchev–Trinajstić information content (AvgIpc) is 2.55. The summed E-state index contributed by atoms with van der Waals surface area (Å²) >= 11 is 0. The molecule has 0 radical (unpaired) electrons. The number of alkyl halides is 3. The summed E-state index contributed by atoms with van der Waals surface area (Å²) in [4.78, 5) is 3.80. The number of nitrogens with one attached hydrogen (secondary N) is 1. The third kappa shape index (κ3) is 3.58. The van der Waals surface area contributed by atoms with Crippen molar-refractivity contribution in [2.75, 3.05) is 0 Å². The summed E-state index contributed by atoms with van der Waals surface area (Å²) in [5.41, 5.74) is 10.9. The maximum atomic E-state index is 12.8. The molecule has 1 unspecified atom stereocenters. The van der Waals surface area contributed by atoms with Gasteiger partial charge >= 0.3 is 6.18 Å². The Morgan fingerprint density at radius 2 is 1.68 bits per heavy atom. The minimum absolute atomic E-state index is 0.404. The van der Waals surface area contributed by atoms with Crippen LogP contribution in [0.1, 0.15) is 5.56 Å². The lowest BCUT2D eigenvalue weighted by Crippen LogP contribution is -2.51. The molecule has 1 heterocycles. The molecule has 2 aromatic rings. The van der Waals surface area contributed by atoms with Crippen LogP contribution in [0.25, 0.3) is 0 Å². The average molecular weight is 348 g/mol. The molecule has 0 aliphatic carbocycles. The number of halogens is 3. The van der Waals surface area contributed by atoms with Crippen LogP contribution in [0.2, 0.25) is 0 Å². The molecule has 5 N–H and O–H groups in total. The SMILES string of the molecule is NC1=NC(N)(c2cccc(Oc3ccccc3)c2)NC=C1C(F)(F)F. The lowest BCUT2D eigenvalue weighted by molar-refractivity contribution is -0.0870. The molecule has 1 aliphatic rings. The molecule has 0 bridgehead atoms. The second-order valence-corrected chi connectivity index (χ2v) is 5.41. The van der Waals surface area contributed by atoms with Gasteiger partial charge in [0, 0.05) is 11.8 Å². The Hall–Kier alpha value is -3.00. The molecule has 25 heavy (non-hydrogen) atoms. The van der Waals surface area contributed by atoms with Gasteiger partial charge in [-0.05, 0) is 24.3 Å². The molecule has 0 spiro atoms. The van der Waals surface area contributed by atoms with Gasteiger partial charge in [0.2, 0.25) is 5.79 Å². The Kier molecular flexibility index (Phi) is 4.13. The van der Waals surface area contributed by atoms with Crippen molar-refractivity contribution in [2.24, 2.45) is 16.5 Å². The van der Waals surface area contributed by atoms with Gasteiger partial charge in [0.15, 0.2) is 0 Å². The van der Waals surface area contributed by atoms with Crippen LogP contribution in [-0.2, 0) is 5.79 Å². The Morgan fingerprint density at radius 1 is 1.00 bits per heavy atom. The summed E-state index contributed by atoms with van der Waals surface area (Å²) in [6, 6.07) is 15.6. The molecule has 0 aromatic heterocycles. The number of aliphatic imine (C=N–C) groups is 1. The van der Waals surface area contributed by atoms with E-state index in [1.54, 1.807) is 36.4 Å². The van der Waals surface area contributed by atoms with Crippen molar-refractivity contribution >= 4 is 5.84 Å². The lowest BCUT2D eigenvalue weighted by Gasteiger charge is -2.31. The zero-order chi connectivity index (χ0) is 18.1. The van der Waals surface area contributed by atoms with E-state index in [-0.39, 0.29) is 0 Å². The van der Waals surface area contributed by atoms with E-state index in [0.29, 0.717) is 17.1 Å². The Labute approximate surface area is 141 Å². The molecule has 130 valence electrons. The molecule has 2 aromatic carbocycles. The fourth-order valence-corrected chi connectivity index (χ4v) is 2.33. The minimum Gasteiger partial charge on any atom is -0.457 e. The molecular formula is C17H15F3N4O. The monoisotopic (exact) mass is 348 g/mol. The highest BCUT2D eigenvalue weighted by Crippen LogP contribution is 2.31. The highest BCUT2D eigenvalue weighted by Gasteiger charge is 2.41. The van der Waals surface area contributed by atoms with Crippen molar-refractivity contribution in [3.8, 4) is 11.5 Å². The third-order valence-electron chi connectivity index (χ3n) is 3.57. The van der Waals surface area contributed by atoms with E-state index in [4.69, 9.17) is 16.2 Å². The normalized spacial score (nSPS) is 20.3. The largest absolute Gasteiger partial charge is 0.457 e. The van der Waals surface area contributed by atoms with E-state index in [2.05, 4.69) is 10.3 Å². The van der Waals surface area contributed by atoms with E-state index >= 15 is 0 Å². The number of benzene rings is 2.